The van der Waals surface area contributed by atoms with Gasteiger partial charge >= 0.3 is 0 Å². The molecular formula is C21H12N4O4S3. The number of fused-ring (bicyclic) bond motifs is 1. The normalized spacial score (nSPS) is 11.6. The van der Waals surface area contributed by atoms with E-state index in [2.05, 4.69) is 4.98 Å². The molecule has 0 unspecified atom stereocenters. The lowest BCUT2D eigenvalue weighted by molar-refractivity contribution is 0.584. The largest absolute Gasteiger partial charge is 0.281 e. The summed E-state index contributed by atoms with van der Waals surface area (Å²) in [6, 6.07) is 20.7. The van der Waals surface area contributed by atoms with Gasteiger partial charge in [0.05, 0.1) is 32.3 Å². The third-order valence-corrected chi connectivity index (χ3v) is 9.83. The van der Waals surface area contributed by atoms with E-state index in [9.17, 15) is 22.1 Å². The highest BCUT2D eigenvalue weighted by Crippen LogP contribution is 2.37. The summed E-state index contributed by atoms with van der Waals surface area (Å²) in [5.74, 6) is 0. The van der Waals surface area contributed by atoms with Crippen molar-refractivity contribution in [1.82, 2.24) is 4.98 Å². The first-order valence-corrected chi connectivity index (χ1v) is 12.6. The van der Waals surface area contributed by atoms with Gasteiger partial charge in [0.1, 0.15) is 11.0 Å². The molecule has 0 aliphatic rings. The molecule has 0 aliphatic heterocycles. The molecule has 8 nitrogen and oxygen atoms in total. The molecular weight excluding hydrogens is 468 g/mol. The van der Waals surface area contributed by atoms with Crippen molar-refractivity contribution in [2.24, 2.45) is 0 Å². The Labute approximate surface area is 188 Å². The van der Waals surface area contributed by atoms with Crippen molar-refractivity contribution in [3.63, 3.8) is 0 Å². The number of hydrogen-bond donors (Lipinski definition) is 0. The molecule has 1 heterocycles. The van der Waals surface area contributed by atoms with Crippen molar-refractivity contribution in [2.75, 3.05) is 3.71 Å². The lowest BCUT2D eigenvalue weighted by Crippen LogP contribution is -2.37. The quantitative estimate of drug-likeness (QED) is 0.426. The van der Waals surface area contributed by atoms with E-state index < -0.39 is 29.8 Å². The minimum Gasteiger partial charge on any atom is -0.218 e. The van der Waals surface area contributed by atoms with E-state index in [1.807, 2.05) is 6.07 Å². The van der Waals surface area contributed by atoms with E-state index in [1.165, 1.54) is 36.4 Å². The highest BCUT2D eigenvalue weighted by molar-refractivity contribution is 8.10. The van der Waals surface area contributed by atoms with Crippen molar-refractivity contribution in [1.29, 1.82) is 10.5 Å². The van der Waals surface area contributed by atoms with Gasteiger partial charge in [-0.15, -0.1) is 3.71 Å². The first-order valence-electron chi connectivity index (χ1n) is 8.94. The molecule has 0 fully saturated rings. The van der Waals surface area contributed by atoms with Crippen LogP contribution in [-0.2, 0) is 20.0 Å². The zero-order valence-corrected chi connectivity index (χ0v) is 18.5. The molecule has 32 heavy (non-hydrogen) atoms. The van der Waals surface area contributed by atoms with Gasteiger partial charge in [0.15, 0.2) is 0 Å². The third kappa shape index (κ3) is 3.59. The predicted octanol–water partition coefficient (Wildman–Crippen LogP) is 3.62. The topological polar surface area (TPSA) is 132 Å². The molecule has 4 rings (SSSR count). The summed E-state index contributed by atoms with van der Waals surface area (Å²) in [5, 5.41) is 18.3. The van der Waals surface area contributed by atoms with E-state index in [-0.39, 0.29) is 20.0 Å². The lowest BCUT2D eigenvalue weighted by Gasteiger charge is -2.22. The molecule has 0 N–H and O–H groups in total. The number of sulfonamides is 2. The summed E-state index contributed by atoms with van der Waals surface area (Å²) in [7, 11) is -9.51. The SMILES string of the molecule is N#Cc1cccc(S(=O)(=O)N(c2nc3ccccc3s2)S(=O)(=O)c2ccccc2C#N)c1. The Morgan fingerprint density at radius 2 is 1.53 bits per heavy atom. The fraction of sp³-hybridized carbons (Fsp3) is 0. The number of rotatable bonds is 5. The van der Waals surface area contributed by atoms with Gasteiger partial charge in [-0.2, -0.15) is 27.4 Å². The van der Waals surface area contributed by atoms with Crippen LogP contribution >= 0.6 is 11.3 Å². The zero-order chi connectivity index (χ0) is 22.9. The highest BCUT2D eigenvalue weighted by Gasteiger charge is 2.40. The zero-order valence-electron chi connectivity index (χ0n) is 16.1. The number of anilines is 1. The molecule has 3 aromatic carbocycles. The summed E-state index contributed by atoms with van der Waals surface area (Å²) < 4.78 is 55.4. The number of nitriles is 2. The van der Waals surface area contributed by atoms with Gasteiger partial charge in [-0.05, 0) is 42.5 Å². The molecule has 0 aliphatic carbocycles. The van der Waals surface area contributed by atoms with Gasteiger partial charge in [-0.1, -0.05) is 41.7 Å². The number of thiazole rings is 1. The van der Waals surface area contributed by atoms with Crippen LogP contribution in [0.1, 0.15) is 11.1 Å². The molecule has 0 spiro atoms. The molecule has 0 amide bonds. The number of hydrogen-bond acceptors (Lipinski definition) is 8. The summed E-state index contributed by atoms with van der Waals surface area (Å²) in [4.78, 5) is 3.37. The second-order valence-corrected chi connectivity index (χ2v) is 11.2. The average Bonchev–Trinajstić information content (AvgIpc) is 3.21. The molecule has 0 saturated heterocycles. The van der Waals surface area contributed by atoms with Crippen molar-refractivity contribution in [3.8, 4) is 12.1 Å². The Morgan fingerprint density at radius 3 is 2.25 bits per heavy atom. The summed E-state index contributed by atoms with van der Waals surface area (Å²) >= 11 is 0.880. The van der Waals surface area contributed by atoms with Crippen molar-refractivity contribution in [3.05, 3.63) is 83.9 Å². The molecule has 0 atom stereocenters. The second-order valence-electron chi connectivity index (χ2n) is 6.42. The minimum absolute atomic E-state index is 0.0464. The van der Waals surface area contributed by atoms with Crippen LogP contribution < -0.4 is 3.71 Å². The van der Waals surface area contributed by atoms with E-state index in [0.29, 0.717) is 10.2 Å². The van der Waals surface area contributed by atoms with Gasteiger partial charge < -0.3 is 0 Å². The Bertz CT molecular complexity index is 1610. The standard InChI is InChI=1S/C21H12N4O4S3/c22-13-15-6-5-8-17(12-15)31(26,27)25(21-24-18-9-2-3-10-19(18)30-21)32(28,29)20-11-4-1-7-16(20)14-23/h1-12H. The van der Waals surface area contributed by atoms with Crippen molar-refractivity contribution < 1.29 is 16.8 Å². The van der Waals surface area contributed by atoms with Crippen LogP contribution in [0.5, 0.6) is 0 Å². The van der Waals surface area contributed by atoms with Crippen LogP contribution in [0, 0.1) is 22.7 Å². The Balaban J connectivity index is 2.03. The van der Waals surface area contributed by atoms with Crippen LogP contribution in [0.2, 0.25) is 0 Å². The Morgan fingerprint density at radius 1 is 0.812 bits per heavy atom. The van der Waals surface area contributed by atoms with Gasteiger partial charge in [0.25, 0.3) is 20.0 Å². The number of benzene rings is 3. The molecule has 0 bridgehead atoms. The van der Waals surface area contributed by atoms with Crippen LogP contribution in [0.3, 0.4) is 0 Å². The van der Waals surface area contributed by atoms with Crippen LogP contribution in [0.15, 0.2) is 82.6 Å². The molecule has 11 heteroatoms. The molecule has 0 saturated carbocycles. The number of aromatic nitrogens is 1. The van der Waals surface area contributed by atoms with Gasteiger partial charge in [0, 0.05) is 0 Å². The first-order chi connectivity index (χ1) is 15.3. The lowest BCUT2D eigenvalue weighted by atomic mass is 10.2. The number of nitrogens with zero attached hydrogens (tertiary/aromatic N) is 4. The van der Waals surface area contributed by atoms with Crippen LogP contribution in [-0.4, -0.2) is 21.8 Å². The minimum atomic E-state index is -4.78. The third-order valence-electron chi connectivity index (χ3n) is 4.42. The highest BCUT2D eigenvalue weighted by atomic mass is 32.3. The van der Waals surface area contributed by atoms with Gasteiger partial charge in [0.2, 0.25) is 5.13 Å². The first kappa shape index (κ1) is 21.5. The molecule has 4 aromatic rings. The van der Waals surface area contributed by atoms with Crippen LogP contribution in [0.25, 0.3) is 10.2 Å². The van der Waals surface area contributed by atoms with Crippen LogP contribution in [0.4, 0.5) is 5.13 Å². The van der Waals surface area contributed by atoms with E-state index in [0.717, 1.165) is 23.5 Å². The Kier molecular flexibility index (Phi) is 5.40. The average molecular weight is 481 g/mol. The summed E-state index contributed by atoms with van der Waals surface area (Å²) in [6.45, 7) is 0. The smallest absolute Gasteiger partial charge is 0.218 e. The van der Waals surface area contributed by atoms with Crippen molar-refractivity contribution >= 4 is 46.7 Å². The number of para-hydroxylation sites is 1. The van der Waals surface area contributed by atoms with E-state index in [1.54, 1.807) is 30.3 Å². The Hall–Kier alpha value is -3.77. The maximum atomic E-state index is 13.7. The van der Waals surface area contributed by atoms with Crippen molar-refractivity contribution in [2.45, 2.75) is 9.79 Å². The van der Waals surface area contributed by atoms with Gasteiger partial charge in [-0.25, -0.2) is 4.98 Å². The second kappa shape index (κ2) is 8.05. The predicted molar refractivity (Wildman–Crippen MR) is 119 cm³/mol. The maximum absolute atomic E-state index is 13.7. The molecule has 0 radical (unpaired) electrons. The van der Waals surface area contributed by atoms with Gasteiger partial charge in [-0.3, -0.25) is 0 Å². The molecule has 158 valence electrons. The summed E-state index contributed by atoms with van der Waals surface area (Å²) in [6.07, 6.45) is 0. The fourth-order valence-electron chi connectivity index (χ4n) is 2.97. The summed E-state index contributed by atoms with van der Waals surface area (Å²) in [5.41, 5.74) is 0.256. The maximum Gasteiger partial charge on any atom is 0.281 e. The fourth-order valence-corrected chi connectivity index (χ4v) is 8.12. The monoisotopic (exact) mass is 480 g/mol. The van der Waals surface area contributed by atoms with E-state index in [4.69, 9.17) is 5.26 Å². The molecule has 1 aromatic heterocycles. The van der Waals surface area contributed by atoms with E-state index >= 15 is 0 Å².